The molecule has 2 saturated heterocycles. The zero-order valence-corrected chi connectivity index (χ0v) is 27.5. The minimum atomic E-state index is -0.855. The summed E-state index contributed by atoms with van der Waals surface area (Å²) < 4.78 is 9.61. The number of carbonyl (C=O) groups is 4. The fourth-order valence-electron chi connectivity index (χ4n) is 4.75. The maximum absolute atomic E-state index is 13.3. The third kappa shape index (κ3) is 9.95. The number of hydrogen-bond acceptors (Lipinski definition) is 9. The quantitative estimate of drug-likeness (QED) is 0.239. The van der Waals surface area contributed by atoms with Crippen molar-refractivity contribution in [2.24, 2.45) is 0 Å². The van der Waals surface area contributed by atoms with Crippen LogP contribution in [-0.2, 0) is 36.7 Å². The van der Waals surface area contributed by atoms with Gasteiger partial charge in [0.25, 0.3) is 5.91 Å². The highest BCUT2D eigenvalue weighted by Crippen LogP contribution is 2.35. The molecule has 0 bridgehead atoms. The second-order valence-corrected chi connectivity index (χ2v) is 13.9. The topological polar surface area (TPSA) is 139 Å². The minimum Gasteiger partial charge on any atom is -0.388 e. The first-order valence-electron chi connectivity index (χ1n) is 14.8. The predicted octanol–water partition coefficient (Wildman–Crippen LogP) is 3.48. The van der Waals surface area contributed by atoms with Crippen LogP contribution in [0.15, 0.2) is 66.9 Å². The molecule has 3 N–H and O–H groups in total. The number of carbonyl (C=O) groups excluding carboxylic acids is 4. The summed E-state index contributed by atoms with van der Waals surface area (Å²) in [6.45, 7) is 3.96. The van der Waals surface area contributed by atoms with Gasteiger partial charge in [0.2, 0.25) is 11.8 Å². The van der Waals surface area contributed by atoms with E-state index in [-0.39, 0.29) is 28.9 Å². The van der Waals surface area contributed by atoms with E-state index in [0.29, 0.717) is 37.3 Å². The molecule has 240 valence electrons. The molecule has 0 aliphatic carbocycles. The van der Waals surface area contributed by atoms with Crippen molar-refractivity contribution in [2.45, 2.75) is 67.8 Å². The number of thiazole rings is 1. The monoisotopic (exact) mass is 652 g/mol. The lowest BCUT2D eigenvalue weighted by atomic mass is 9.94. The van der Waals surface area contributed by atoms with E-state index in [2.05, 4.69) is 25.7 Å². The molecule has 5 atom stereocenters. The number of Topliss-reactive ketones (excluding diaryl/α,β-unsaturated/α-hetero) is 1. The van der Waals surface area contributed by atoms with E-state index >= 15 is 0 Å². The molecular weight excluding hydrogens is 613 g/mol. The van der Waals surface area contributed by atoms with Crippen LogP contribution in [0.2, 0.25) is 0 Å². The van der Waals surface area contributed by atoms with Crippen molar-refractivity contribution >= 4 is 46.6 Å². The van der Waals surface area contributed by atoms with Crippen LogP contribution in [0.4, 0.5) is 0 Å². The Labute approximate surface area is 272 Å². The van der Waals surface area contributed by atoms with Crippen LogP contribution in [0.25, 0.3) is 0 Å². The van der Waals surface area contributed by atoms with E-state index in [1.807, 2.05) is 67.6 Å². The smallest absolute Gasteiger partial charge is 0.280 e. The van der Waals surface area contributed by atoms with Gasteiger partial charge < -0.3 is 25.4 Å². The second-order valence-electron chi connectivity index (χ2n) is 11.2. The molecule has 45 heavy (non-hydrogen) atoms. The average Bonchev–Trinajstić information content (AvgIpc) is 3.62. The Balaban J connectivity index is 0.00000148. The number of rotatable bonds is 13. The lowest BCUT2D eigenvalue weighted by Crippen LogP contribution is -2.56. The zero-order chi connectivity index (χ0) is 32.4. The van der Waals surface area contributed by atoms with E-state index in [9.17, 15) is 19.2 Å². The number of ether oxygens (including phenoxy) is 2. The first kappa shape index (κ1) is 34.3. The number of amides is 3. The first-order chi connectivity index (χ1) is 21.6. The summed E-state index contributed by atoms with van der Waals surface area (Å²) in [6.07, 6.45) is 3.46. The third-order valence-electron chi connectivity index (χ3n) is 7.37. The number of hydrogen-bond donors (Lipinski definition) is 3. The number of nitrogens with zero attached hydrogens (tertiary/aromatic N) is 1. The van der Waals surface area contributed by atoms with Crippen molar-refractivity contribution in [3.63, 3.8) is 0 Å². The maximum Gasteiger partial charge on any atom is 0.280 e. The number of nitrogens with one attached hydrogen (secondary N) is 3. The summed E-state index contributed by atoms with van der Waals surface area (Å²) in [5, 5.41) is 8.38. The van der Waals surface area contributed by atoms with Gasteiger partial charge in [-0.1, -0.05) is 60.7 Å². The van der Waals surface area contributed by atoms with Crippen LogP contribution in [-0.4, -0.2) is 77.6 Å². The van der Waals surface area contributed by atoms with Crippen LogP contribution < -0.4 is 16.0 Å². The van der Waals surface area contributed by atoms with E-state index in [0.717, 1.165) is 16.0 Å². The molecule has 3 aromatic rings. The SMILES string of the molecule is COC.Cc1cnc(C(=O)NC(CCc2ccccc2)C(=O)NC2CC(C(=O)NC(Cc3ccccc3)C(=O)[C@@]3(C)CO3)S2)s1. The summed E-state index contributed by atoms with van der Waals surface area (Å²) in [5.74, 6) is -1.07. The van der Waals surface area contributed by atoms with Crippen molar-refractivity contribution in [2.75, 3.05) is 20.8 Å². The molecule has 4 unspecified atom stereocenters. The van der Waals surface area contributed by atoms with Gasteiger partial charge in [0.05, 0.1) is 23.3 Å². The summed E-state index contributed by atoms with van der Waals surface area (Å²) in [7, 11) is 3.25. The van der Waals surface area contributed by atoms with Crippen LogP contribution in [0, 0.1) is 6.92 Å². The Morgan fingerprint density at radius 2 is 1.60 bits per heavy atom. The van der Waals surface area contributed by atoms with Gasteiger partial charge in [-0.15, -0.1) is 23.1 Å². The standard InChI is InChI=1S/C31H34N4O5S2.C2H6O/c1-19-17-32-30(41-19)29(39)33-22(14-13-20-9-5-3-6-10-20)27(37)35-25-16-24(42-25)28(38)34-23(26(36)31(2)18-40-31)15-21-11-7-4-8-12-21;1-3-2/h3-12,17,22-25H,13-16,18H2,1-2H3,(H,33,39)(H,34,38)(H,35,37);1-2H3/t22?,23?,24?,25?,31-;/m1./s1. The summed E-state index contributed by atoms with van der Waals surface area (Å²) in [4.78, 5) is 57.4. The fourth-order valence-corrected chi connectivity index (χ4v) is 6.44. The lowest BCUT2D eigenvalue weighted by molar-refractivity contribution is -0.130. The van der Waals surface area contributed by atoms with Crippen molar-refractivity contribution in [3.05, 3.63) is 87.9 Å². The number of thioether (sulfide) groups is 1. The van der Waals surface area contributed by atoms with Crippen LogP contribution >= 0.6 is 23.1 Å². The third-order valence-corrected chi connectivity index (χ3v) is 9.65. The summed E-state index contributed by atoms with van der Waals surface area (Å²) >= 11 is 2.61. The van der Waals surface area contributed by atoms with Gasteiger partial charge in [0, 0.05) is 25.3 Å². The lowest BCUT2D eigenvalue weighted by Gasteiger charge is -2.36. The highest BCUT2D eigenvalue weighted by Gasteiger charge is 2.50. The van der Waals surface area contributed by atoms with E-state index in [1.165, 1.54) is 23.1 Å². The molecule has 2 fully saturated rings. The zero-order valence-electron chi connectivity index (χ0n) is 25.9. The number of epoxide rings is 1. The number of benzene rings is 2. The molecule has 2 aliphatic rings. The van der Waals surface area contributed by atoms with Crippen LogP contribution in [0.3, 0.4) is 0 Å². The Kier molecular flexibility index (Phi) is 12.3. The first-order valence-corrected chi connectivity index (χ1v) is 16.5. The van der Waals surface area contributed by atoms with Gasteiger partial charge in [0.1, 0.15) is 11.6 Å². The molecule has 10 nitrogen and oxygen atoms in total. The van der Waals surface area contributed by atoms with Gasteiger partial charge in [-0.25, -0.2) is 4.98 Å². The van der Waals surface area contributed by atoms with E-state index in [4.69, 9.17) is 4.74 Å². The molecule has 12 heteroatoms. The van der Waals surface area contributed by atoms with Gasteiger partial charge in [-0.2, -0.15) is 0 Å². The maximum atomic E-state index is 13.3. The van der Waals surface area contributed by atoms with Crippen molar-refractivity contribution < 1.29 is 28.7 Å². The van der Waals surface area contributed by atoms with Crippen LogP contribution in [0.5, 0.6) is 0 Å². The van der Waals surface area contributed by atoms with E-state index in [1.54, 1.807) is 27.3 Å². The highest BCUT2D eigenvalue weighted by molar-refractivity contribution is 8.02. The Morgan fingerprint density at radius 1 is 1.00 bits per heavy atom. The normalized spacial score (nSPS) is 21.2. The van der Waals surface area contributed by atoms with Gasteiger partial charge in [-0.05, 0) is 50.7 Å². The molecule has 1 aromatic heterocycles. The molecule has 2 aliphatic heterocycles. The largest absolute Gasteiger partial charge is 0.388 e. The summed E-state index contributed by atoms with van der Waals surface area (Å²) in [6, 6.07) is 17.9. The molecule has 0 spiro atoms. The molecule has 2 aromatic carbocycles. The number of aryl methyl sites for hydroxylation is 2. The Hall–Kier alpha value is -3.58. The van der Waals surface area contributed by atoms with Crippen molar-refractivity contribution in [1.29, 1.82) is 0 Å². The van der Waals surface area contributed by atoms with Gasteiger partial charge in [-0.3, -0.25) is 19.2 Å². The number of methoxy groups -OCH3 is 1. The minimum absolute atomic E-state index is 0.138. The molecule has 5 rings (SSSR count). The fraction of sp³-hybridized carbons (Fsp3) is 0.424. The molecule has 3 amide bonds. The van der Waals surface area contributed by atoms with Gasteiger partial charge in [0.15, 0.2) is 10.8 Å². The molecule has 3 heterocycles. The number of ketones is 1. The Morgan fingerprint density at radius 3 is 2.16 bits per heavy atom. The van der Waals surface area contributed by atoms with Crippen LogP contribution in [0.1, 0.15) is 45.6 Å². The van der Waals surface area contributed by atoms with E-state index < -0.39 is 22.9 Å². The second kappa shape index (κ2) is 16.1. The van der Waals surface area contributed by atoms with Gasteiger partial charge >= 0.3 is 0 Å². The number of aromatic nitrogens is 1. The average molecular weight is 653 g/mol. The Bertz CT molecular complexity index is 1440. The molecule has 0 saturated carbocycles. The highest BCUT2D eigenvalue weighted by atomic mass is 32.2. The predicted molar refractivity (Wildman–Crippen MR) is 175 cm³/mol. The molecule has 0 radical (unpaired) electrons. The van der Waals surface area contributed by atoms with Crippen molar-refractivity contribution in [3.8, 4) is 0 Å². The molecular formula is C33H40N4O6S2. The van der Waals surface area contributed by atoms with Crippen molar-refractivity contribution in [1.82, 2.24) is 20.9 Å². The summed E-state index contributed by atoms with van der Waals surface area (Å²) in [5.41, 5.74) is 1.16.